The molecule has 1 rings (SSSR count). The Bertz CT molecular complexity index is 509. The lowest BCUT2D eigenvalue weighted by Gasteiger charge is -2.15. The molecule has 0 aliphatic heterocycles. The van der Waals surface area contributed by atoms with Crippen LogP contribution in [-0.4, -0.2) is 51.0 Å². The molecule has 1 atom stereocenters. The summed E-state index contributed by atoms with van der Waals surface area (Å²) >= 11 is 0. The molecule has 6 nitrogen and oxygen atoms in total. The first-order chi connectivity index (χ1) is 12.7. The van der Waals surface area contributed by atoms with Crippen molar-refractivity contribution >= 4 is 29.9 Å². The van der Waals surface area contributed by atoms with Crippen molar-refractivity contribution in [1.82, 2.24) is 10.6 Å². The van der Waals surface area contributed by atoms with E-state index in [9.17, 15) is 0 Å². The fourth-order valence-electron chi connectivity index (χ4n) is 2.73. The van der Waals surface area contributed by atoms with Crippen LogP contribution in [0.5, 0.6) is 5.75 Å². The van der Waals surface area contributed by atoms with E-state index >= 15 is 0 Å². The Balaban J connectivity index is 0.00000676. The Morgan fingerprint density at radius 3 is 2.63 bits per heavy atom. The highest BCUT2D eigenvalue weighted by atomic mass is 127. The summed E-state index contributed by atoms with van der Waals surface area (Å²) in [5.41, 5.74) is 1.04. The van der Waals surface area contributed by atoms with Crippen molar-refractivity contribution in [2.45, 2.75) is 39.7 Å². The molecule has 0 heterocycles. The second-order valence-electron chi connectivity index (χ2n) is 6.18. The molecule has 0 amide bonds. The van der Waals surface area contributed by atoms with E-state index in [4.69, 9.17) is 14.6 Å². The third kappa shape index (κ3) is 11.4. The van der Waals surface area contributed by atoms with Gasteiger partial charge in [0.1, 0.15) is 5.75 Å². The summed E-state index contributed by atoms with van der Waals surface area (Å²) in [5, 5.41) is 15.7. The van der Waals surface area contributed by atoms with E-state index in [1.807, 2.05) is 31.2 Å². The van der Waals surface area contributed by atoms with Crippen LogP contribution in [0.1, 0.15) is 38.7 Å². The number of guanidine groups is 1. The average Bonchev–Trinajstić information content (AvgIpc) is 2.66. The Morgan fingerprint density at radius 1 is 1.19 bits per heavy atom. The molecule has 0 spiro atoms. The van der Waals surface area contributed by atoms with E-state index in [0.717, 1.165) is 49.6 Å². The highest BCUT2D eigenvalue weighted by Gasteiger charge is 2.07. The number of halogens is 1. The topological polar surface area (TPSA) is 75.1 Å². The SMILES string of the molecule is CCCC(CCO)CN=C(NCC)NCCOCc1ccccc1OC.I. The van der Waals surface area contributed by atoms with Gasteiger partial charge in [0, 0.05) is 31.8 Å². The Labute approximate surface area is 181 Å². The van der Waals surface area contributed by atoms with Gasteiger partial charge < -0.3 is 25.2 Å². The zero-order valence-electron chi connectivity index (χ0n) is 16.9. The molecule has 0 fully saturated rings. The van der Waals surface area contributed by atoms with Crippen molar-refractivity contribution in [2.75, 3.05) is 40.0 Å². The summed E-state index contributed by atoms with van der Waals surface area (Å²) in [6.45, 7) is 7.76. The van der Waals surface area contributed by atoms with Gasteiger partial charge in [-0.05, 0) is 31.7 Å². The highest BCUT2D eigenvalue weighted by Crippen LogP contribution is 2.17. The maximum absolute atomic E-state index is 9.16. The molecular weight excluding hydrogens is 457 g/mol. The number of aliphatic imine (C=N–C) groups is 1. The molecule has 0 bridgehead atoms. The van der Waals surface area contributed by atoms with Gasteiger partial charge in [-0.3, -0.25) is 4.99 Å². The van der Waals surface area contributed by atoms with Crippen LogP contribution in [0.2, 0.25) is 0 Å². The van der Waals surface area contributed by atoms with E-state index in [-0.39, 0.29) is 30.6 Å². The van der Waals surface area contributed by atoms with Gasteiger partial charge in [0.25, 0.3) is 0 Å². The summed E-state index contributed by atoms with van der Waals surface area (Å²) in [6.07, 6.45) is 3.01. The molecule has 1 aromatic rings. The number of nitrogens with one attached hydrogen (secondary N) is 2. The van der Waals surface area contributed by atoms with E-state index in [1.165, 1.54) is 0 Å². The second kappa shape index (κ2) is 17.1. The third-order valence-corrected chi connectivity index (χ3v) is 4.08. The van der Waals surface area contributed by atoms with Crippen LogP contribution < -0.4 is 15.4 Å². The summed E-state index contributed by atoms with van der Waals surface area (Å²) < 4.78 is 11.1. The lowest BCUT2D eigenvalue weighted by molar-refractivity contribution is 0.123. The lowest BCUT2D eigenvalue weighted by atomic mass is 10.0. The number of hydrogen-bond acceptors (Lipinski definition) is 4. The fourth-order valence-corrected chi connectivity index (χ4v) is 2.73. The zero-order chi connectivity index (χ0) is 19.0. The maximum Gasteiger partial charge on any atom is 0.191 e. The Kier molecular flexibility index (Phi) is 16.4. The minimum atomic E-state index is 0. The molecule has 1 aromatic carbocycles. The van der Waals surface area contributed by atoms with Gasteiger partial charge in [-0.2, -0.15) is 0 Å². The number of hydrogen-bond donors (Lipinski definition) is 3. The summed E-state index contributed by atoms with van der Waals surface area (Å²) in [6, 6.07) is 7.87. The smallest absolute Gasteiger partial charge is 0.191 e. The van der Waals surface area contributed by atoms with Gasteiger partial charge in [-0.1, -0.05) is 31.5 Å². The number of para-hydroxylation sites is 1. The third-order valence-electron chi connectivity index (χ3n) is 4.08. The van der Waals surface area contributed by atoms with Gasteiger partial charge in [0.15, 0.2) is 5.96 Å². The van der Waals surface area contributed by atoms with Crippen LogP contribution in [0.15, 0.2) is 29.3 Å². The number of nitrogens with zero attached hydrogens (tertiary/aromatic N) is 1. The molecule has 7 heteroatoms. The lowest BCUT2D eigenvalue weighted by Crippen LogP contribution is -2.39. The first-order valence-corrected chi connectivity index (χ1v) is 9.57. The first-order valence-electron chi connectivity index (χ1n) is 9.57. The molecule has 0 radical (unpaired) electrons. The molecular formula is C20H36IN3O3. The average molecular weight is 493 g/mol. The van der Waals surface area contributed by atoms with Crippen LogP contribution in [0.4, 0.5) is 0 Å². The van der Waals surface area contributed by atoms with Gasteiger partial charge in [-0.25, -0.2) is 0 Å². The largest absolute Gasteiger partial charge is 0.496 e. The zero-order valence-corrected chi connectivity index (χ0v) is 19.2. The van der Waals surface area contributed by atoms with Crippen molar-refractivity contribution in [2.24, 2.45) is 10.9 Å². The molecule has 0 saturated carbocycles. The predicted octanol–water partition coefficient (Wildman–Crippen LogP) is 3.18. The van der Waals surface area contributed by atoms with Crippen molar-refractivity contribution in [1.29, 1.82) is 0 Å². The van der Waals surface area contributed by atoms with Crippen molar-refractivity contribution < 1.29 is 14.6 Å². The number of benzene rings is 1. The van der Waals surface area contributed by atoms with Crippen LogP contribution in [0.3, 0.4) is 0 Å². The molecule has 156 valence electrons. The quantitative estimate of drug-likeness (QED) is 0.170. The fraction of sp³-hybridized carbons (Fsp3) is 0.650. The monoisotopic (exact) mass is 493 g/mol. The van der Waals surface area contributed by atoms with E-state index in [0.29, 0.717) is 25.7 Å². The molecule has 0 saturated heterocycles. The van der Waals surface area contributed by atoms with Gasteiger partial charge in [0.2, 0.25) is 0 Å². The molecule has 1 unspecified atom stereocenters. The molecule has 27 heavy (non-hydrogen) atoms. The molecule has 3 N–H and O–H groups in total. The normalized spacial score (nSPS) is 12.2. The first kappa shape index (κ1) is 25.9. The van der Waals surface area contributed by atoms with E-state index in [1.54, 1.807) is 7.11 Å². The van der Waals surface area contributed by atoms with E-state index in [2.05, 4.69) is 22.5 Å². The van der Waals surface area contributed by atoms with Crippen LogP contribution in [0.25, 0.3) is 0 Å². The standard InChI is InChI=1S/C20H35N3O3.HI/c1-4-8-17(11-13-24)15-23-20(21-5-2)22-12-14-26-16-18-9-6-7-10-19(18)25-3;/h6-7,9-10,17,24H,4-5,8,11-16H2,1-3H3,(H2,21,22,23);1H. The van der Waals surface area contributed by atoms with Gasteiger partial charge in [-0.15, -0.1) is 24.0 Å². The number of rotatable bonds is 13. The predicted molar refractivity (Wildman–Crippen MR) is 122 cm³/mol. The Hall–Kier alpha value is -1.06. The molecule has 0 aliphatic carbocycles. The highest BCUT2D eigenvalue weighted by molar-refractivity contribution is 14.0. The van der Waals surface area contributed by atoms with E-state index < -0.39 is 0 Å². The van der Waals surface area contributed by atoms with Crippen molar-refractivity contribution in [3.63, 3.8) is 0 Å². The molecule has 0 aromatic heterocycles. The number of methoxy groups -OCH3 is 1. The van der Waals surface area contributed by atoms with Crippen LogP contribution >= 0.6 is 24.0 Å². The number of aliphatic hydroxyl groups is 1. The second-order valence-corrected chi connectivity index (χ2v) is 6.18. The minimum Gasteiger partial charge on any atom is -0.496 e. The summed E-state index contributed by atoms with van der Waals surface area (Å²) in [7, 11) is 1.67. The van der Waals surface area contributed by atoms with Gasteiger partial charge >= 0.3 is 0 Å². The van der Waals surface area contributed by atoms with Crippen molar-refractivity contribution in [3.8, 4) is 5.75 Å². The molecule has 0 aliphatic rings. The van der Waals surface area contributed by atoms with Crippen LogP contribution in [-0.2, 0) is 11.3 Å². The summed E-state index contributed by atoms with van der Waals surface area (Å²) in [5.74, 6) is 2.08. The Morgan fingerprint density at radius 2 is 1.96 bits per heavy atom. The number of aliphatic hydroxyl groups excluding tert-OH is 1. The van der Waals surface area contributed by atoms with Crippen molar-refractivity contribution in [3.05, 3.63) is 29.8 Å². The summed E-state index contributed by atoms with van der Waals surface area (Å²) in [4.78, 5) is 4.64. The minimum absolute atomic E-state index is 0. The number of ether oxygens (including phenoxy) is 2. The van der Waals surface area contributed by atoms with Gasteiger partial charge in [0.05, 0.1) is 20.3 Å². The maximum atomic E-state index is 9.16. The van der Waals surface area contributed by atoms with Crippen LogP contribution in [0, 0.1) is 5.92 Å².